The van der Waals surface area contributed by atoms with Crippen molar-refractivity contribution in [3.8, 4) is 0 Å². The van der Waals surface area contributed by atoms with Gasteiger partial charge in [-0.2, -0.15) is 0 Å². The van der Waals surface area contributed by atoms with Crippen molar-refractivity contribution in [2.75, 3.05) is 6.61 Å². The Balaban J connectivity index is 3.04. The Hall–Kier alpha value is -0.930. The van der Waals surface area contributed by atoms with E-state index in [2.05, 4.69) is 0 Å². The van der Waals surface area contributed by atoms with Crippen LogP contribution in [-0.4, -0.2) is 11.7 Å². The van der Waals surface area contributed by atoms with Crippen molar-refractivity contribution in [1.82, 2.24) is 0 Å². The molecule has 0 fully saturated rings. The van der Waals surface area contributed by atoms with Crippen LogP contribution < -0.4 is 5.73 Å². The Morgan fingerprint density at radius 3 is 2.83 bits per heavy atom. The molecular formula is C9H12FNO. The maximum atomic E-state index is 12.7. The molecule has 1 rings (SSSR count). The molecule has 0 aliphatic carbocycles. The van der Waals surface area contributed by atoms with E-state index < -0.39 is 6.04 Å². The molecule has 1 aromatic carbocycles. The number of hydrogen-bond donors (Lipinski definition) is 2. The first kappa shape index (κ1) is 9.16. The Bertz CT molecular complexity index is 275. The molecule has 0 radical (unpaired) electrons. The van der Waals surface area contributed by atoms with Crippen molar-refractivity contribution in [3.05, 3.63) is 35.1 Å². The van der Waals surface area contributed by atoms with Crippen LogP contribution in [0.2, 0.25) is 0 Å². The van der Waals surface area contributed by atoms with Crippen molar-refractivity contribution in [1.29, 1.82) is 0 Å². The van der Waals surface area contributed by atoms with Crippen molar-refractivity contribution in [2.24, 2.45) is 5.73 Å². The van der Waals surface area contributed by atoms with Crippen LogP contribution >= 0.6 is 0 Å². The molecule has 0 saturated carbocycles. The minimum absolute atomic E-state index is 0.162. The molecule has 0 heterocycles. The lowest BCUT2D eigenvalue weighted by molar-refractivity contribution is 0.267. The number of benzene rings is 1. The average Bonchev–Trinajstić information content (AvgIpc) is 2.08. The highest BCUT2D eigenvalue weighted by Crippen LogP contribution is 2.16. The molecule has 0 saturated heterocycles. The Morgan fingerprint density at radius 1 is 1.58 bits per heavy atom. The van der Waals surface area contributed by atoms with E-state index in [9.17, 15) is 4.39 Å². The van der Waals surface area contributed by atoms with E-state index in [0.29, 0.717) is 5.56 Å². The SMILES string of the molecule is Cc1ccc(F)cc1[C@H](N)CO. The molecule has 3 N–H and O–H groups in total. The van der Waals surface area contributed by atoms with Gasteiger partial charge in [0.25, 0.3) is 0 Å². The molecule has 0 aliphatic heterocycles. The first-order valence-corrected chi connectivity index (χ1v) is 3.77. The van der Waals surface area contributed by atoms with Gasteiger partial charge in [-0.05, 0) is 30.2 Å². The zero-order valence-corrected chi connectivity index (χ0v) is 6.92. The maximum absolute atomic E-state index is 12.7. The van der Waals surface area contributed by atoms with Gasteiger partial charge >= 0.3 is 0 Å². The highest BCUT2D eigenvalue weighted by molar-refractivity contribution is 5.29. The second-order valence-electron chi connectivity index (χ2n) is 2.79. The monoisotopic (exact) mass is 169 g/mol. The number of rotatable bonds is 2. The van der Waals surface area contributed by atoms with Gasteiger partial charge in [0.05, 0.1) is 12.6 Å². The first-order chi connectivity index (χ1) is 5.65. The summed E-state index contributed by atoms with van der Waals surface area (Å²) >= 11 is 0. The molecule has 66 valence electrons. The summed E-state index contributed by atoms with van der Waals surface area (Å²) in [6.07, 6.45) is 0. The van der Waals surface area contributed by atoms with Gasteiger partial charge in [0.1, 0.15) is 5.82 Å². The molecule has 12 heavy (non-hydrogen) atoms. The van der Waals surface area contributed by atoms with Gasteiger partial charge < -0.3 is 10.8 Å². The van der Waals surface area contributed by atoms with Crippen LogP contribution in [0.5, 0.6) is 0 Å². The van der Waals surface area contributed by atoms with Crippen molar-refractivity contribution in [3.63, 3.8) is 0 Å². The molecule has 0 bridgehead atoms. The number of aliphatic hydroxyl groups excluding tert-OH is 1. The van der Waals surface area contributed by atoms with Crippen LogP contribution in [0.4, 0.5) is 4.39 Å². The lowest BCUT2D eigenvalue weighted by Crippen LogP contribution is -2.15. The quantitative estimate of drug-likeness (QED) is 0.697. The van der Waals surface area contributed by atoms with Gasteiger partial charge in [-0.25, -0.2) is 4.39 Å². The van der Waals surface area contributed by atoms with E-state index in [4.69, 9.17) is 10.8 Å². The molecule has 0 unspecified atom stereocenters. The summed E-state index contributed by atoms with van der Waals surface area (Å²) in [4.78, 5) is 0. The number of aliphatic hydroxyl groups is 1. The number of aryl methyl sites for hydroxylation is 1. The third-order valence-electron chi connectivity index (χ3n) is 1.84. The molecule has 0 aliphatic rings. The largest absolute Gasteiger partial charge is 0.394 e. The van der Waals surface area contributed by atoms with Gasteiger partial charge in [0.2, 0.25) is 0 Å². The number of hydrogen-bond acceptors (Lipinski definition) is 2. The predicted molar refractivity (Wildman–Crippen MR) is 45.2 cm³/mol. The maximum Gasteiger partial charge on any atom is 0.123 e. The van der Waals surface area contributed by atoms with E-state index in [1.165, 1.54) is 12.1 Å². The third-order valence-corrected chi connectivity index (χ3v) is 1.84. The van der Waals surface area contributed by atoms with Gasteiger partial charge in [0, 0.05) is 0 Å². The van der Waals surface area contributed by atoms with Crippen LogP contribution in [0.15, 0.2) is 18.2 Å². The molecule has 0 spiro atoms. The van der Waals surface area contributed by atoms with Crippen molar-refractivity contribution >= 4 is 0 Å². The zero-order valence-electron chi connectivity index (χ0n) is 6.92. The molecule has 0 aromatic heterocycles. The van der Waals surface area contributed by atoms with Gasteiger partial charge in [-0.15, -0.1) is 0 Å². The van der Waals surface area contributed by atoms with Crippen LogP contribution in [0.3, 0.4) is 0 Å². The van der Waals surface area contributed by atoms with E-state index in [1.807, 2.05) is 6.92 Å². The van der Waals surface area contributed by atoms with Crippen LogP contribution in [0, 0.1) is 12.7 Å². The summed E-state index contributed by atoms with van der Waals surface area (Å²) in [5, 5.41) is 8.76. The van der Waals surface area contributed by atoms with E-state index in [0.717, 1.165) is 5.56 Å². The summed E-state index contributed by atoms with van der Waals surface area (Å²) < 4.78 is 12.7. The van der Waals surface area contributed by atoms with Crippen LogP contribution in [-0.2, 0) is 0 Å². The zero-order chi connectivity index (χ0) is 9.14. The number of nitrogens with two attached hydrogens (primary N) is 1. The fraction of sp³-hybridized carbons (Fsp3) is 0.333. The number of halogens is 1. The summed E-state index contributed by atoms with van der Waals surface area (Å²) in [5.41, 5.74) is 7.11. The fourth-order valence-electron chi connectivity index (χ4n) is 1.11. The Kier molecular flexibility index (Phi) is 2.78. The lowest BCUT2D eigenvalue weighted by atomic mass is 10.0. The molecule has 3 heteroatoms. The molecule has 0 amide bonds. The molecule has 1 atom stereocenters. The summed E-state index contributed by atoms with van der Waals surface area (Å²) in [6.45, 7) is 1.68. The summed E-state index contributed by atoms with van der Waals surface area (Å²) in [5.74, 6) is -0.320. The van der Waals surface area contributed by atoms with E-state index in [-0.39, 0.29) is 12.4 Å². The lowest BCUT2D eigenvalue weighted by Gasteiger charge is -2.11. The van der Waals surface area contributed by atoms with Crippen LogP contribution in [0.1, 0.15) is 17.2 Å². The first-order valence-electron chi connectivity index (χ1n) is 3.77. The van der Waals surface area contributed by atoms with Gasteiger partial charge in [0.15, 0.2) is 0 Å². The second-order valence-corrected chi connectivity index (χ2v) is 2.79. The van der Waals surface area contributed by atoms with Crippen molar-refractivity contribution in [2.45, 2.75) is 13.0 Å². The highest BCUT2D eigenvalue weighted by atomic mass is 19.1. The standard InChI is InChI=1S/C9H12FNO/c1-6-2-3-7(10)4-8(6)9(11)5-12/h2-4,9,12H,5,11H2,1H3/t9-/m1/s1. The second kappa shape index (κ2) is 3.65. The minimum atomic E-state index is -0.485. The summed E-state index contributed by atoms with van der Waals surface area (Å²) in [6, 6.07) is 3.90. The average molecular weight is 169 g/mol. The normalized spacial score (nSPS) is 13.0. The Labute approximate surface area is 70.8 Å². The minimum Gasteiger partial charge on any atom is -0.394 e. The van der Waals surface area contributed by atoms with Crippen LogP contribution in [0.25, 0.3) is 0 Å². The third kappa shape index (κ3) is 1.81. The van der Waals surface area contributed by atoms with E-state index in [1.54, 1.807) is 6.07 Å². The predicted octanol–water partition coefficient (Wildman–Crippen LogP) is 1.13. The highest BCUT2D eigenvalue weighted by Gasteiger charge is 2.07. The topological polar surface area (TPSA) is 46.2 Å². The smallest absolute Gasteiger partial charge is 0.123 e. The van der Waals surface area contributed by atoms with E-state index >= 15 is 0 Å². The molecule has 1 aromatic rings. The molecular weight excluding hydrogens is 157 g/mol. The van der Waals surface area contributed by atoms with Gasteiger partial charge in [-0.1, -0.05) is 6.07 Å². The molecule has 2 nitrogen and oxygen atoms in total. The Morgan fingerprint density at radius 2 is 2.25 bits per heavy atom. The van der Waals surface area contributed by atoms with Crippen molar-refractivity contribution < 1.29 is 9.50 Å². The summed E-state index contributed by atoms with van der Waals surface area (Å²) in [7, 11) is 0. The van der Waals surface area contributed by atoms with Gasteiger partial charge in [-0.3, -0.25) is 0 Å². The fourth-order valence-corrected chi connectivity index (χ4v) is 1.11.